The Hall–Kier alpha value is -3.12. The number of anilines is 3. The number of hydrogen-bond donors (Lipinski definition) is 2. The molecule has 7 heteroatoms. The topological polar surface area (TPSA) is 76.1 Å². The van der Waals surface area contributed by atoms with Crippen molar-refractivity contribution in [3.63, 3.8) is 0 Å². The zero-order valence-electron chi connectivity index (χ0n) is 16.1. The number of halogens is 1. The minimum atomic E-state index is -0.241. The molecule has 3 rings (SSSR count). The molecule has 144 valence electrons. The highest BCUT2D eigenvalue weighted by molar-refractivity contribution is 6.31. The first kappa shape index (κ1) is 19.6. The van der Waals surface area contributed by atoms with Crippen molar-refractivity contribution >= 4 is 34.8 Å². The maximum atomic E-state index is 12.6. The number of methoxy groups -OCH3 is 1. The molecule has 3 aromatic rings. The molecule has 28 heavy (non-hydrogen) atoms. The van der Waals surface area contributed by atoms with Gasteiger partial charge in [-0.15, -0.1) is 0 Å². The molecular weight excluding hydrogens is 376 g/mol. The molecule has 1 aromatic heterocycles. The van der Waals surface area contributed by atoms with Crippen LogP contribution in [0, 0.1) is 20.8 Å². The summed E-state index contributed by atoms with van der Waals surface area (Å²) in [5.41, 5.74) is 4.51. The van der Waals surface area contributed by atoms with Crippen LogP contribution in [0.4, 0.5) is 17.3 Å². The zero-order chi connectivity index (χ0) is 20.3. The Balaban J connectivity index is 1.74. The van der Waals surface area contributed by atoms with Crippen molar-refractivity contribution in [1.29, 1.82) is 0 Å². The fraction of sp³-hybridized carbons (Fsp3) is 0.190. The van der Waals surface area contributed by atoms with Gasteiger partial charge in [0, 0.05) is 33.7 Å². The van der Waals surface area contributed by atoms with Crippen LogP contribution in [0.2, 0.25) is 5.02 Å². The van der Waals surface area contributed by atoms with Gasteiger partial charge in [0.1, 0.15) is 5.75 Å². The van der Waals surface area contributed by atoms with Crippen LogP contribution in [0.1, 0.15) is 27.3 Å². The highest BCUT2D eigenvalue weighted by Gasteiger charge is 2.12. The second-order valence-electron chi connectivity index (χ2n) is 6.43. The lowest BCUT2D eigenvalue weighted by Crippen LogP contribution is -2.13. The van der Waals surface area contributed by atoms with Gasteiger partial charge in [-0.2, -0.15) is 0 Å². The van der Waals surface area contributed by atoms with E-state index in [2.05, 4.69) is 20.6 Å². The first-order valence-corrected chi connectivity index (χ1v) is 9.08. The number of benzene rings is 2. The van der Waals surface area contributed by atoms with Gasteiger partial charge < -0.3 is 15.4 Å². The predicted molar refractivity (Wildman–Crippen MR) is 112 cm³/mol. The van der Waals surface area contributed by atoms with Crippen molar-refractivity contribution < 1.29 is 9.53 Å². The molecule has 0 unspecified atom stereocenters. The average Bonchev–Trinajstić information content (AvgIpc) is 2.64. The molecule has 0 bridgehead atoms. The Morgan fingerprint density at radius 2 is 1.64 bits per heavy atom. The van der Waals surface area contributed by atoms with Crippen LogP contribution in [0.25, 0.3) is 0 Å². The van der Waals surface area contributed by atoms with E-state index >= 15 is 0 Å². The maximum absolute atomic E-state index is 12.6. The van der Waals surface area contributed by atoms with E-state index in [-0.39, 0.29) is 5.91 Å². The van der Waals surface area contributed by atoms with Crippen LogP contribution >= 0.6 is 11.6 Å². The number of ether oxygens (including phenoxy) is 1. The summed E-state index contributed by atoms with van der Waals surface area (Å²) < 4.78 is 5.30. The largest absolute Gasteiger partial charge is 0.495 e. The maximum Gasteiger partial charge on any atom is 0.255 e. The average molecular weight is 397 g/mol. The molecule has 1 amide bonds. The van der Waals surface area contributed by atoms with E-state index in [0.29, 0.717) is 28.0 Å². The monoisotopic (exact) mass is 396 g/mol. The third-order valence-corrected chi connectivity index (χ3v) is 4.52. The van der Waals surface area contributed by atoms with Gasteiger partial charge in [0.25, 0.3) is 5.91 Å². The highest BCUT2D eigenvalue weighted by atomic mass is 35.5. The van der Waals surface area contributed by atoms with Crippen LogP contribution in [-0.4, -0.2) is 23.0 Å². The number of carbonyl (C=O) groups is 1. The minimum absolute atomic E-state index is 0.241. The van der Waals surface area contributed by atoms with Crippen molar-refractivity contribution in [2.45, 2.75) is 20.8 Å². The van der Waals surface area contributed by atoms with Gasteiger partial charge in [-0.25, -0.2) is 9.97 Å². The van der Waals surface area contributed by atoms with Crippen LogP contribution in [0.15, 0.2) is 42.5 Å². The molecule has 6 nitrogen and oxygen atoms in total. The van der Waals surface area contributed by atoms with Crippen LogP contribution in [-0.2, 0) is 0 Å². The van der Waals surface area contributed by atoms with Gasteiger partial charge in [-0.3, -0.25) is 4.79 Å². The lowest BCUT2D eigenvalue weighted by Gasteiger charge is -2.12. The van der Waals surface area contributed by atoms with Gasteiger partial charge in [-0.1, -0.05) is 11.6 Å². The van der Waals surface area contributed by atoms with Crippen molar-refractivity contribution in [2.24, 2.45) is 0 Å². The Morgan fingerprint density at radius 3 is 2.25 bits per heavy atom. The van der Waals surface area contributed by atoms with Gasteiger partial charge in [0.15, 0.2) is 0 Å². The number of nitrogens with zero attached hydrogens (tertiary/aromatic N) is 2. The number of carbonyl (C=O) groups excluding carboxylic acids is 1. The van der Waals surface area contributed by atoms with Crippen molar-refractivity contribution in [2.75, 3.05) is 17.7 Å². The summed E-state index contributed by atoms with van der Waals surface area (Å²) in [7, 11) is 1.53. The van der Waals surface area contributed by atoms with E-state index in [1.165, 1.54) is 7.11 Å². The Kier molecular flexibility index (Phi) is 5.80. The first-order valence-electron chi connectivity index (χ1n) is 8.70. The molecule has 2 N–H and O–H groups in total. The lowest BCUT2D eigenvalue weighted by molar-refractivity contribution is 0.102. The molecule has 0 aliphatic heterocycles. The van der Waals surface area contributed by atoms with E-state index in [1.807, 2.05) is 26.8 Å². The summed E-state index contributed by atoms with van der Waals surface area (Å²) >= 11 is 6.11. The molecule has 0 saturated carbocycles. The number of rotatable bonds is 5. The molecule has 0 atom stereocenters. The minimum Gasteiger partial charge on any atom is -0.495 e. The number of hydrogen-bond acceptors (Lipinski definition) is 5. The van der Waals surface area contributed by atoms with Gasteiger partial charge in [-0.05, 0) is 62.7 Å². The van der Waals surface area contributed by atoms with Gasteiger partial charge >= 0.3 is 0 Å². The molecular formula is C21H21ClN4O2. The third kappa shape index (κ3) is 4.58. The van der Waals surface area contributed by atoms with Crippen LogP contribution in [0.5, 0.6) is 5.75 Å². The third-order valence-electron chi connectivity index (χ3n) is 4.11. The second-order valence-corrected chi connectivity index (χ2v) is 6.84. The van der Waals surface area contributed by atoms with Crippen molar-refractivity contribution in [1.82, 2.24) is 9.97 Å². The summed E-state index contributed by atoms with van der Waals surface area (Å²) in [6.07, 6.45) is 0. The highest BCUT2D eigenvalue weighted by Crippen LogP contribution is 2.31. The molecule has 0 radical (unpaired) electrons. The standard InChI is InChI=1S/C21H21ClN4O2/c1-12-9-18(19(28-4)11-17(12)22)26-20(27)15-5-7-16(8-6-15)25-21-23-13(2)10-14(3)24-21/h5-11H,1-4H3,(H,26,27)(H,23,24,25). The van der Waals surface area contributed by atoms with E-state index in [0.717, 1.165) is 22.6 Å². The number of nitrogens with one attached hydrogen (secondary N) is 2. The lowest BCUT2D eigenvalue weighted by atomic mass is 10.1. The summed E-state index contributed by atoms with van der Waals surface area (Å²) in [6.45, 7) is 5.70. The number of aromatic nitrogens is 2. The van der Waals surface area contributed by atoms with Crippen LogP contribution in [0.3, 0.4) is 0 Å². The molecule has 0 aliphatic carbocycles. The number of aryl methyl sites for hydroxylation is 3. The fourth-order valence-electron chi connectivity index (χ4n) is 2.74. The summed E-state index contributed by atoms with van der Waals surface area (Å²) in [5, 5.41) is 6.59. The zero-order valence-corrected chi connectivity index (χ0v) is 16.9. The molecule has 0 saturated heterocycles. The van der Waals surface area contributed by atoms with Gasteiger partial charge in [0.05, 0.1) is 12.8 Å². The van der Waals surface area contributed by atoms with E-state index in [1.54, 1.807) is 36.4 Å². The van der Waals surface area contributed by atoms with E-state index in [4.69, 9.17) is 16.3 Å². The van der Waals surface area contributed by atoms with E-state index in [9.17, 15) is 4.79 Å². The second kappa shape index (κ2) is 8.27. The van der Waals surface area contributed by atoms with Gasteiger partial charge in [0.2, 0.25) is 5.95 Å². The Morgan fingerprint density at radius 1 is 1.00 bits per heavy atom. The van der Waals surface area contributed by atoms with Crippen molar-refractivity contribution in [3.8, 4) is 5.75 Å². The summed E-state index contributed by atoms with van der Waals surface area (Å²) in [6, 6.07) is 12.5. The molecule has 0 aliphatic rings. The van der Waals surface area contributed by atoms with Crippen LogP contribution < -0.4 is 15.4 Å². The Labute approximate surface area is 168 Å². The van der Waals surface area contributed by atoms with E-state index < -0.39 is 0 Å². The quantitative estimate of drug-likeness (QED) is 0.630. The summed E-state index contributed by atoms with van der Waals surface area (Å²) in [5.74, 6) is 0.791. The smallest absolute Gasteiger partial charge is 0.255 e. The molecule has 2 aromatic carbocycles. The van der Waals surface area contributed by atoms with Crippen molar-refractivity contribution in [3.05, 3.63) is 70.0 Å². The molecule has 0 spiro atoms. The first-order chi connectivity index (χ1) is 13.4. The molecule has 0 fully saturated rings. The molecule has 1 heterocycles. The number of amides is 1. The normalized spacial score (nSPS) is 10.5. The fourth-order valence-corrected chi connectivity index (χ4v) is 2.89. The summed E-state index contributed by atoms with van der Waals surface area (Å²) in [4.78, 5) is 21.3. The SMILES string of the molecule is COc1cc(Cl)c(C)cc1NC(=O)c1ccc(Nc2nc(C)cc(C)n2)cc1. The Bertz CT molecular complexity index is 999. The predicted octanol–water partition coefficient (Wildman–Crippen LogP) is 5.06.